The summed E-state index contributed by atoms with van der Waals surface area (Å²) in [7, 11) is 5.32. The van der Waals surface area contributed by atoms with Crippen LogP contribution in [0, 0.1) is 12.8 Å². The molecule has 7 nitrogen and oxygen atoms in total. The van der Waals surface area contributed by atoms with Gasteiger partial charge in [0.2, 0.25) is 5.69 Å². The van der Waals surface area contributed by atoms with Crippen LogP contribution in [0.25, 0.3) is 0 Å². The number of nitrogens with zero attached hydrogens (tertiary/aromatic N) is 3. The van der Waals surface area contributed by atoms with Crippen LogP contribution in [-0.4, -0.2) is 62.9 Å². The molecule has 0 bridgehead atoms. The van der Waals surface area contributed by atoms with Crippen LogP contribution in [0.4, 0.5) is 11.4 Å². The number of aromatic nitrogens is 1. The van der Waals surface area contributed by atoms with E-state index < -0.39 is 0 Å². The third-order valence-corrected chi connectivity index (χ3v) is 13.1. The summed E-state index contributed by atoms with van der Waals surface area (Å²) in [6, 6.07) is 17.7. The quantitative estimate of drug-likeness (QED) is 0.106. The molecule has 1 atom stereocenters. The van der Waals surface area contributed by atoms with Crippen molar-refractivity contribution >= 4 is 17.1 Å². The molecule has 0 radical (unpaired) electrons. The van der Waals surface area contributed by atoms with E-state index in [2.05, 4.69) is 122 Å². The van der Waals surface area contributed by atoms with Gasteiger partial charge < -0.3 is 23.8 Å². The Morgan fingerprint density at radius 3 is 2.33 bits per heavy atom. The Morgan fingerprint density at radius 1 is 0.828 bits per heavy atom. The Kier molecular flexibility index (Phi) is 13.1. The summed E-state index contributed by atoms with van der Waals surface area (Å²) in [6.45, 7) is 14.9. The summed E-state index contributed by atoms with van der Waals surface area (Å²) < 4.78 is 26.7. The van der Waals surface area contributed by atoms with Gasteiger partial charge in [-0.15, -0.1) is 0 Å². The second-order valence-electron chi connectivity index (χ2n) is 17.7. The molecule has 4 aliphatic rings. The van der Waals surface area contributed by atoms with Crippen LogP contribution in [0.2, 0.25) is 0 Å². The molecule has 58 heavy (non-hydrogen) atoms. The van der Waals surface area contributed by atoms with Crippen LogP contribution in [-0.2, 0) is 25.0 Å². The summed E-state index contributed by atoms with van der Waals surface area (Å²) in [4.78, 5) is 6.92. The number of rotatable bonds is 16. The van der Waals surface area contributed by atoms with E-state index >= 15 is 0 Å². The molecular weight excluding hydrogens is 719 g/mol. The molecule has 1 unspecified atom stereocenters. The monoisotopic (exact) mass is 785 g/mol. The Balaban J connectivity index is 1.33. The second-order valence-corrected chi connectivity index (χ2v) is 17.7. The minimum absolute atomic E-state index is 0.0330. The van der Waals surface area contributed by atoms with Crippen molar-refractivity contribution in [3.63, 3.8) is 0 Å². The zero-order valence-electron chi connectivity index (χ0n) is 36.4. The van der Waals surface area contributed by atoms with Gasteiger partial charge in [-0.3, -0.25) is 4.98 Å². The van der Waals surface area contributed by atoms with Crippen LogP contribution in [0.3, 0.4) is 0 Å². The Labute approximate surface area is 348 Å². The predicted octanol–water partition coefficient (Wildman–Crippen LogP) is 11.4. The van der Waals surface area contributed by atoms with Gasteiger partial charge in [0.1, 0.15) is 17.6 Å². The molecule has 308 valence electrons. The van der Waals surface area contributed by atoms with E-state index in [0.29, 0.717) is 5.92 Å². The summed E-state index contributed by atoms with van der Waals surface area (Å²) in [5.74, 6) is 2.38. The second kappa shape index (κ2) is 18.2. The standard InChI is InChI=1S/C51H66N3O4/c1-36-16-22-44-42(34-36)50(2,3)46(53(44)30-12-32-55-6)24-19-38-17-18-39(49(38)58-48(37-14-10-9-11-15-37)40-26-28-52-29-27-40)20-25-47-51(4,5)43-35-41(57-8)21-23-45(43)54(47)31-13-33-56-7/h16,19-29,34-35,37,48H,9-15,17-18,30-33H2,1-8H3/q+1. The molecule has 7 heteroatoms. The minimum atomic E-state index is -0.216. The van der Waals surface area contributed by atoms with E-state index in [4.69, 9.17) is 18.9 Å². The molecule has 1 fully saturated rings. The van der Waals surface area contributed by atoms with E-state index in [1.54, 1.807) is 21.3 Å². The number of pyridine rings is 1. The van der Waals surface area contributed by atoms with Crippen molar-refractivity contribution in [2.45, 2.75) is 109 Å². The number of benzene rings is 2. The third kappa shape index (κ3) is 8.49. The zero-order valence-corrected chi connectivity index (χ0v) is 36.4. The smallest absolute Gasteiger partial charge is 0.210 e. The third-order valence-electron chi connectivity index (χ3n) is 13.1. The van der Waals surface area contributed by atoms with Crippen LogP contribution in [0.5, 0.6) is 5.75 Å². The maximum Gasteiger partial charge on any atom is 0.210 e. The molecule has 0 N–H and O–H groups in total. The summed E-state index contributed by atoms with van der Waals surface area (Å²) in [5, 5.41) is 0. The summed E-state index contributed by atoms with van der Waals surface area (Å²) in [5.41, 5.74) is 12.5. The first-order valence-electron chi connectivity index (χ1n) is 21.7. The average Bonchev–Trinajstić information content (AvgIpc) is 3.79. The van der Waals surface area contributed by atoms with Crippen LogP contribution >= 0.6 is 0 Å². The van der Waals surface area contributed by atoms with Crippen molar-refractivity contribution < 1.29 is 23.5 Å². The number of hydrogen-bond donors (Lipinski definition) is 0. The fourth-order valence-corrected chi connectivity index (χ4v) is 9.87. The van der Waals surface area contributed by atoms with Crippen LogP contribution in [0.15, 0.2) is 108 Å². The molecule has 0 spiro atoms. The van der Waals surface area contributed by atoms with E-state index in [0.717, 1.165) is 63.5 Å². The molecule has 3 heterocycles. The van der Waals surface area contributed by atoms with Gasteiger partial charge in [0.25, 0.3) is 0 Å². The van der Waals surface area contributed by atoms with Crippen molar-refractivity contribution in [2.24, 2.45) is 5.92 Å². The van der Waals surface area contributed by atoms with Gasteiger partial charge >= 0.3 is 0 Å². The molecule has 2 aliphatic carbocycles. The summed E-state index contributed by atoms with van der Waals surface area (Å²) >= 11 is 0. The number of methoxy groups -OCH3 is 3. The number of ether oxygens (including phenoxy) is 4. The molecule has 7 rings (SSSR count). The minimum Gasteiger partial charge on any atom is -0.497 e. The lowest BCUT2D eigenvalue weighted by Gasteiger charge is -2.32. The fourth-order valence-electron chi connectivity index (χ4n) is 9.87. The first-order chi connectivity index (χ1) is 28.1. The van der Waals surface area contributed by atoms with Gasteiger partial charge in [-0.25, -0.2) is 0 Å². The molecule has 2 aromatic carbocycles. The lowest BCUT2D eigenvalue weighted by molar-refractivity contribution is -0.438. The number of fused-ring (bicyclic) bond motifs is 2. The fraction of sp³-hybridized carbons (Fsp3) is 0.490. The molecule has 1 aromatic heterocycles. The SMILES string of the molecule is COCCCN1/C(=C/C=C2\CCC(/C=C/C3=[N+](CCCOC)c4ccc(OC)cc4C3(C)C)=C2OC(c2ccncc2)C2CCCCC2)C(C)(C)c2cc(C)ccc21. The number of allylic oxidation sites excluding steroid dienone is 7. The van der Waals surface area contributed by atoms with Gasteiger partial charge in [-0.1, -0.05) is 56.9 Å². The number of hydrogen-bond acceptors (Lipinski definition) is 6. The topological polar surface area (TPSA) is 56.1 Å². The maximum absolute atomic E-state index is 7.50. The highest BCUT2D eigenvalue weighted by molar-refractivity contribution is 6.03. The lowest BCUT2D eigenvalue weighted by atomic mass is 9.81. The maximum atomic E-state index is 7.50. The van der Waals surface area contributed by atoms with Crippen molar-refractivity contribution in [1.29, 1.82) is 0 Å². The highest BCUT2D eigenvalue weighted by Gasteiger charge is 2.45. The van der Waals surface area contributed by atoms with Gasteiger partial charge in [0, 0.05) is 86.6 Å². The van der Waals surface area contributed by atoms with E-state index in [1.807, 2.05) is 12.4 Å². The van der Waals surface area contributed by atoms with Crippen molar-refractivity contribution in [1.82, 2.24) is 4.98 Å². The number of aryl methyl sites for hydroxylation is 1. The van der Waals surface area contributed by atoms with Gasteiger partial charge in [-0.2, -0.15) is 4.58 Å². The van der Waals surface area contributed by atoms with Crippen molar-refractivity contribution in [3.8, 4) is 5.75 Å². The zero-order chi connectivity index (χ0) is 40.9. The normalized spacial score (nSPS) is 20.8. The van der Waals surface area contributed by atoms with Gasteiger partial charge in [-0.05, 0) is 118 Å². The van der Waals surface area contributed by atoms with E-state index in [1.165, 1.54) is 88.3 Å². The summed E-state index contributed by atoms with van der Waals surface area (Å²) in [6.07, 6.45) is 23.2. The molecule has 0 amide bonds. The highest BCUT2D eigenvalue weighted by Crippen LogP contribution is 2.49. The predicted molar refractivity (Wildman–Crippen MR) is 237 cm³/mol. The van der Waals surface area contributed by atoms with Crippen molar-refractivity contribution in [3.05, 3.63) is 130 Å². The van der Waals surface area contributed by atoms with Crippen LogP contribution in [0.1, 0.15) is 114 Å². The molecule has 0 saturated heterocycles. The van der Waals surface area contributed by atoms with Crippen LogP contribution < -0.4 is 9.64 Å². The highest BCUT2D eigenvalue weighted by atomic mass is 16.5. The Morgan fingerprint density at radius 2 is 1.59 bits per heavy atom. The first-order valence-corrected chi connectivity index (χ1v) is 21.7. The molecule has 1 saturated carbocycles. The van der Waals surface area contributed by atoms with Gasteiger partial charge in [0.05, 0.1) is 19.1 Å². The molecular formula is C51H66N3O4+. The van der Waals surface area contributed by atoms with E-state index in [9.17, 15) is 0 Å². The average molecular weight is 785 g/mol. The molecule has 2 aliphatic heterocycles. The van der Waals surface area contributed by atoms with Crippen molar-refractivity contribution in [2.75, 3.05) is 52.5 Å². The number of anilines is 1. The van der Waals surface area contributed by atoms with E-state index in [-0.39, 0.29) is 16.9 Å². The Bertz CT molecular complexity index is 2080. The lowest BCUT2D eigenvalue weighted by Crippen LogP contribution is -2.28. The Hall–Kier alpha value is -4.46. The van der Waals surface area contributed by atoms with Gasteiger partial charge in [0.15, 0.2) is 12.3 Å². The molecule has 3 aromatic rings. The largest absolute Gasteiger partial charge is 0.497 e. The first kappa shape index (κ1) is 41.7.